The Morgan fingerprint density at radius 3 is 2.42 bits per heavy atom. The van der Waals surface area contributed by atoms with Crippen molar-refractivity contribution in [3.63, 3.8) is 0 Å². The molecule has 0 saturated carbocycles. The molecule has 0 amide bonds. The standard InChI is InChI=1S/C22H15Cl2NO/c23-17-11-9-15(13-18(17)24)22-16-6-2-4-8-20(16)25-19-7-3-1-5-14(19)10-12-21(25)26-22/h1-13,21-22H. The molecule has 0 bridgehead atoms. The quantitative estimate of drug-likeness (QED) is 0.471. The molecule has 4 heteroatoms. The van der Waals surface area contributed by atoms with Crippen molar-refractivity contribution >= 4 is 40.7 Å². The predicted octanol–water partition coefficient (Wildman–Crippen LogP) is 6.60. The Kier molecular flexibility index (Phi) is 3.79. The van der Waals surface area contributed by atoms with Gasteiger partial charge in [-0.2, -0.15) is 0 Å². The van der Waals surface area contributed by atoms with Gasteiger partial charge in [-0.25, -0.2) is 0 Å². The van der Waals surface area contributed by atoms with Gasteiger partial charge in [0.15, 0.2) is 6.23 Å². The molecule has 2 unspecified atom stereocenters. The largest absolute Gasteiger partial charge is 0.342 e. The molecule has 3 aromatic carbocycles. The Labute approximate surface area is 162 Å². The van der Waals surface area contributed by atoms with E-state index in [0.29, 0.717) is 10.0 Å². The number of para-hydroxylation sites is 2. The Bertz CT molecular complexity index is 1030. The maximum absolute atomic E-state index is 6.49. The van der Waals surface area contributed by atoms with E-state index in [9.17, 15) is 0 Å². The summed E-state index contributed by atoms with van der Waals surface area (Å²) in [6.07, 6.45) is 3.86. The van der Waals surface area contributed by atoms with Crippen LogP contribution in [0.2, 0.25) is 10.0 Å². The minimum atomic E-state index is -0.197. The molecule has 2 aliphatic rings. The summed E-state index contributed by atoms with van der Waals surface area (Å²) in [4.78, 5) is 2.25. The van der Waals surface area contributed by atoms with Crippen molar-refractivity contribution in [2.75, 3.05) is 4.90 Å². The molecule has 128 valence electrons. The summed E-state index contributed by atoms with van der Waals surface area (Å²) in [6, 6.07) is 22.4. The molecule has 2 atom stereocenters. The van der Waals surface area contributed by atoms with E-state index in [4.69, 9.17) is 27.9 Å². The lowest BCUT2D eigenvalue weighted by Gasteiger charge is -2.43. The molecule has 0 N–H and O–H groups in total. The highest BCUT2D eigenvalue weighted by molar-refractivity contribution is 6.42. The van der Waals surface area contributed by atoms with E-state index in [1.54, 1.807) is 0 Å². The van der Waals surface area contributed by atoms with Crippen LogP contribution in [0.3, 0.4) is 0 Å². The lowest BCUT2D eigenvalue weighted by Crippen LogP contribution is -2.40. The number of hydrogen-bond donors (Lipinski definition) is 0. The van der Waals surface area contributed by atoms with Gasteiger partial charge in [0.2, 0.25) is 0 Å². The maximum atomic E-state index is 6.49. The zero-order chi connectivity index (χ0) is 17.7. The van der Waals surface area contributed by atoms with Gasteiger partial charge in [-0.15, -0.1) is 0 Å². The molecule has 0 spiro atoms. The smallest absolute Gasteiger partial charge is 0.155 e. The Balaban J connectivity index is 1.67. The molecule has 0 radical (unpaired) electrons. The normalized spacial score (nSPS) is 20.3. The molecule has 0 fully saturated rings. The molecular formula is C22H15Cl2NO. The van der Waals surface area contributed by atoms with Gasteiger partial charge >= 0.3 is 0 Å². The number of ether oxygens (including phenoxy) is 1. The van der Waals surface area contributed by atoms with Gasteiger partial charge in [-0.05, 0) is 41.5 Å². The fourth-order valence-electron chi connectivity index (χ4n) is 3.71. The summed E-state index contributed by atoms with van der Waals surface area (Å²) in [5.74, 6) is 0. The number of benzene rings is 3. The van der Waals surface area contributed by atoms with Crippen LogP contribution in [0.15, 0.2) is 72.8 Å². The molecule has 26 heavy (non-hydrogen) atoms. The number of halogens is 2. The summed E-state index contributed by atoms with van der Waals surface area (Å²) in [6.45, 7) is 0. The first-order valence-corrected chi connectivity index (χ1v) is 9.24. The first kappa shape index (κ1) is 16.0. The molecular weight excluding hydrogens is 365 g/mol. The van der Waals surface area contributed by atoms with Gasteiger partial charge in [-0.3, -0.25) is 0 Å². The molecule has 0 saturated heterocycles. The fourth-order valence-corrected chi connectivity index (χ4v) is 4.01. The van der Waals surface area contributed by atoms with Crippen molar-refractivity contribution in [1.29, 1.82) is 0 Å². The van der Waals surface area contributed by atoms with Crippen LogP contribution in [0, 0.1) is 0 Å². The number of hydrogen-bond acceptors (Lipinski definition) is 2. The lowest BCUT2D eigenvalue weighted by atomic mass is 9.95. The van der Waals surface area contributed by atoms with Gasteiger partial charge < -0.3 is 9.64 Å². The monoisotopic (exact) mass is 379 g/mol. The van der Waals surface area contributed by atoms with Crippen LogP contribution in [0.25, 0.3) is 6.08 Å². The van der Waals surface area contributed by atoms with E-state index in [0.717, 1.165) is 22.5 Å². The van der Waals surface area contributed by atoms with E-state index in [-0.39, 0.29) is 12.3 Å². The highest BCUT2D eigenvalue weighted by Gasteiger charge is 2.35. The molecule has 2 nitrogen and oxygen atoms in total. The van der Waals surface area contributed by atoms with Crippen molar-refractivity contribution in [1.82, 2.24) is 0 Å². The average Bonchev–Trinajstić information content (AvgIpc) is 2.69. The first-order valence-electron chi connectivity index (χ1n) is 8.48. The van der Waals surface area contributed by atoms with Gasteiger partial charge in [0, 0.05) is 5.56 Å². The van der Waals surface area contributed by atoms with Crippen LogP contribution in [0.1, 0.15) is 22.8 Å². The molecule has 2 heterocycles. The first-order chi connectivity index (χ1) is 12.7. The van der Waals surface area contributed by atoms with Crippen LogP contribution in [0.5, 0.6) is 0 Å². The summed E-state index contributed by atoms with van der Waals surface area (Å²) >= 11 is 12.3. The highest BCUT2D eigenvalue weighted by atomic mass is 35.5. The number of rotatable bonds is 1. The van der Waals surface area contributed by atoms with Crippen molar-refractivity contribution in [3.8, 4) is 0 Å². The number of nitrogens with zero attached hydrogens (tertiary/aromatic N) is 1. The fraction of sp³-hybridized carbons (Fsp3) is 0.0909. The van der Waals surface area contributed by atoms with Crippen molar-refractivity contribution in [3.05, 3.63) is 99.5 Å². The van der Waals surface area contributed by atoms with Crippen LogP contribution in [-0.4, -0.2) is 6.23 Å². The molecule has 3 aromatic rings. The third-order valence-electron chi connectivity index (χ3n) is 4.89. The highest BCUT2D eigenvalue weighted by Crippen LogP contribution is 2.47. The second kappa shape index (κ2) is 6.17. The van der Waals surface area contributed by atoms with Crippen LogP contribution in [0.4, 0.5) is 11.4 Å². The minimum Gasteiger partial charge on any atom is -0.342 e. The van der Waals surface area contributed by atoms with Crippen molar-refractivity contribution < 1.29 is 4.74 Å². The lowest BCUT2D eigenvalue weighted by molar-refractivity contribution is 0.0302. The summed E-state index contributed by atoms with van der Waals surface area (Å²) < 4.78 is 6.49. The average molecular weight is 380 g/mol. The molecule has 0 aliphatic carbocycles. The third kappa shape index (κ3) is 2.45. The zero-order valence-corrected chi connectivity index (χ0v) is 15.3. The number of fused-ring (bicyclic) bond motifs is 5. The SMILES string of the molecule is Clc1ccc(C2OC3C=Cc4ccccc4N3c3ccccc32)cc1Cl. The summed E-state index contributed by atoms with van der Waals surface area (Å²) in [5.41, 5.74) is 5.61. The van der Waals surface area contributed by atoms with Crippen molar-refractivity contribution in [2.45, 2.75) is 12.3 Å². The molecule has 2 aliphatic heterocycles. The zero-order valence-electron chi connectivity index (χ0n) is 13.8. The van der Waals surface area contributed by atoms with Gasteiger partial charge in [-0.1, -0.05) is 71.7 Å². The topological polar surface area (TPSA) is 12.5 Å². The predicted molar refractivity (Wildman–Crippen MR) is 107 cm³/mol. The summed E-state index contributed by atoms with van der Waals surface area (Å²) in [7, 11) is 0. The Hall–Kier alpha value is -2.26. The van der Waals surface area contributed by atoms with E-state index in [2.05, 4.69) is 59.5 Å². The van der Waals surface area contributed by atoms with Crippen LogP contribution < -0.4 is 4.90 Å². The van der Waals surface area contributed by atoms with Gasteiger partial charge in [0.1, 0.15) is 6.10 Å². The summed E-state index contributed by atoms with van der Waals surface area (Å²) in [5, 5.41) is 1.09. The van der Waals surface area contributed by atoms with Crippen molar-refractivity contribution in [2.24, 2.45) is 0 Å². The third-order valence-corrected chi connectivity index (χ3v) is 5.63. The minimum absolute atomic E-state index is 0.167. The van der Waals surface area contributed by atoms with E-state index in [1.165, 1.54) is 5.56 Å². The number of anilines is 2. The maximum Gasteiger partial charge on any atom is 0.155 e. The van der Waals surface area contributed by atoms with E-state index < -0.39 is 0 Å². The van der Waals surface area contributed by atoms with E-state index >= 15 is 0 Å². The van der Waals surface area contributed by atoms with Gasteiger partial charge in [0.05, 0.1) is 21.4 Å². The van der Waals surface area contributed by atoms with E-state index in [1.807, 2.05) is 24.3 Å². The second-order valence-electron chi connectivity index (χ2n) is 6.43. The van der Waals surface area contributed by atoms with Crippen LogP contribution in [-0.2, 0) is 4.74 Å². The second-order valence-corrected chi connectivity index (χ2v) is 7.24. The molecule has 0 aromatic heterocycles. The Morgan fingerprint density at radius 2 is 1.58 bits per heavy atom. The molecule has 5 rings (SSSR count). The van der Waals surface area contributed by atoms with Gasteiger partial charge in [0.25, 0.3) is 0 Å². The Morgan fingerprint density at radius 1 is 0.808 bits per heavy atom. The van der Waals surface area contributed by atoms with Crippen LogP contribution >= 0.6 is 23.2 Å².